The predicted octanol–water partition coefficient (Wildman–Crippen LogP) is 2.23. The van der Waals surface area contributed by atoms with Crippen molar-refractivity contribution < 1.29 is 35.7 Å². The summed E-state index contributed by atoms with van der Waals surface area (Å²) in [6.45, 7) is 0. The molecule has 0 heterocycles. The monoisotopic (exact) mass is 498 g/mol. The molecule has 0 aliphatic carbocycles. The molecule has 4 aromatic rings. The van der Waals surface area contributed by atoms with Gasteiger partial charge in [-0.15, -0.1) is 29.3 Å². The zero-order valence-electron chi connectivity index (χ0n) is 19.6. The number of anilines is 2. The summed E-state index contributed by atoms with van der Waals surface area (Å²) in [6.07, 6.45) is 2.21. The Morgan fingerprint density at radius 3 is 1.71 bits per heavy atom. The third kappa shape index (κ3) is 7.00. The molecule has 0 aliphatic heterocycles. The van der Waals surface area contributed by atoms with E-state index >= 15 is 0 Å². The Labute approximate surface area is 218 Å². The van der Waals surface area contributed by atoms with Crippen LogP contribution in [0.25, 0.3) is 33.4 Å². The zero-order valence-corrected chi connectivity index (χ0v) is 21.2. The van der Waals surface area contributed by atoms with Crippen molar-refractivity contribution in [3.05, 3.63) is 97.1 Å². The summed E-state index contributed by atoms with van der Waals surface area (Å²) in [4.78, 5) is 0. The van der Waals surface area contributed by atoms with Gasteiger partial charge in [0, 0.05) is 5.69 Å². The Hall–Kier alpha value is -3.02. The van der Waals surface area contributed by atoms with Gasteiger partial charge in [-0.3, -0.25) is 4.72 Å². The van der Waals surface area contributed by atoms with Gasteiger partial charge in [-0.2, -0.15) is 0 Å². The van der Waals surface area contributed by atoms with Crippen molar-refractivity contribution in [1.82, 2.24) is 0 Å². The van der Waals surface area contributed by atoms with Gasteiger partial charge < -0.3 is 4.72 Å². The van der Waals surface area contributed by atoms with Crippen LogP contribution < -0.4 is 28.3 Å². The minimum absolute atomic E-state index is 0. The molecule has 4 rings (SSSR count). The van der Waals surface area contributed by atoms with E-state index in [0.29, 0.717) is 11.4 Å². The van der Waals surface area contributed by atoms with Gasteiger partial charge in [0.15, 0.2) is 0 Å². The maximum Gasteiger partial charge on any atom is 1.00 e. The van der Waals surface area contributed by atoms with Crippen LogP contribution in [-0.4, -0.2) is 29.3 Å². The van der Waals surface area contributed by atoms with Gasteiger partial charge in [-0.05, 0) is 28.9 Å². The summed E-state index contributed by atoms with van der Waals surface area (Å²) in [5, 5.41) is 0. The van der Waals surface area contributed by atoms with E-state index in [-0.39, 0.29) is 18.9 Å². The fourth-order valence-corrected chi connectivity index (χ4v) is 4.80. The first-order chi connectivity index (χ1) is 16.1. The summed E-state index contributed by atoms with van der Waals surface area (Å²) >= 11 is 0. The fraction of sp³-hybridized carbons (Fsp3) is 0.0769. The molecule has 6 nitrogen and oxygen atoms in total. The topological polar surface area (TPSA) is 92.3 Å². The van der Waals surface area contributed by atoms with Crippen LogP contribution in [0.15, 0.2) is 91.0 Å². The Balaban J connectivity index is 0.00000342. The van der Waals surface area contributed by atoms with Crippen LogP contribution in [0.4, 0.5) is 11.4 Å². The van der Waals surface area contributed by atoms with Crippen LogP contribution in [-0.2, 0) is 20.0 Å². The molecule has 35 heavy (non-hydrogen) atoms. The Morgan fingerprint density at radius 2 is 1.14 bits per heavy atom. The van der Waals surface area contributed by atoms with Crippen molar-refractivity contribution in [1.29, 1.82) is 0 Å². The molecule has 0 amide bonds. The van der Waals surface area contributed by atoms with E-state index in [1.807, 2.05) is 72.8 Å². The van der Waals surface area contributed by atoms with E-state index in [1.54, 1.807) is 18.2 Å². The number of rotatable bonds is 7. The first-order valence-electron chi connectivity index (χ1n) is 10.4. The molecule has 0 unspecified atom stereocenters. The Bertz CT molecular complexity index is 1420. The van der Waals surface area contributed by atoms with Crippen molar-refractivity contribution in [2.24, 2.45) is 0 Å². The minimum Gasteiger partial charge on any atom is -0.302 e. The van der Waals surface area contributed by atoms with Gasteiger partial charge in [0.05, 0.1) is 12.5 Å². The molecule has 0 aromatic heterocycles. The molecule has 0 fully saturated rings. The minimum atomic E-state index is -3.47. The van der Waals surface area contributed by atoms with Crippen molar-refractivity contribution in [3.63, 3.8) is 0 Å². The second-order valence-electron chi connectivity index (χ2n) is 7.90. The summed E-state index contributed by atoms with van der Waals surface area (Å²) in [5.74, 6) is 0. The zero-order chi connectivity index (χ0) is 24.3. The maximum absolute atomic E-state index is 11.8. The van der Waals surface area contributed by atoms with E-state index in [4.69, 9.17) is 0 Å². The summed E-state index contributed by atoms with van der Waals surface area (Å²) in [5.41, 5.74) is 5.78. The largest absolute Gasteiger partial charge is 1.00 e. The third-order valence-corrected chi connectivity index (χ3v) is 6.20. The molecule has 0 radical (unpaired) electrons. The van der Waals surface area contributed by atoms with Crippen LogP contribution in [0, 0.1) is 6.07 Å². The normalized spacial score (nSPS) is 11.4. The van der Waals surface area contributed by atoms with E-state index < -0.39 is 20.0 Å². The first kappa shape index (κ1) is 26.6. The van der Waals surface area contributed by atoms with Gasteiger partial charge in [0.25, 0.3) is 0 Å². The van der Waals surface area contributed by atoms with Crippen molar-refractivity contribution in [2.45, 2.75) is 0 Å². The van der Waals surface area contributed by atoms with E-state index in [9.17, 15) is 16.8 Å². The fourth-order valence-electron chi connectivity index (χ4n) is 3.72. The average molecular weight is 499 g/mol. The van der Waals surface area contributed by atoms with Crippen molar-refractivity contribution in [3.8, 4) is 33.4 Å². The first-order valence-corrected chi connectivity index (χ1v) is 14.1. The van der Waals surface area contributed by atoms with Gasteiger partial charge in [0.1, 0.15) is 0 Å². The number of sulfonamides is 2. The molecule has 0 saturated carbocycles. The third-order valence-electron chi connectivity index (χ3n) is 5.00. The number of nitrogens with one attached hydrogen (secondary N) is 2. The number of benzene rings is 4. The standard InChI is InChI=1S/C26H23N2O4S2.Li/c1-33(29,30)27-21-13-15-23(25(17-21)19-9-5-3-6-10-19)24-16-14-22(28-34(2,31)32)18-26(24)20-11-7-4-8-12-20;/h3-17,27-28H,1-2H3;/q-1;+1. The summed E-state index contributed by atoms with van der Waals surface area (Å²) in [7, 11) is -6.92. The summed E-state index contributed by atoms with van der Waals surface area (Å²) in [6, 6.07) is 31.3. The van der Waals surface area contributed by atoms with Gasteiger partial charge in [0.2, 0.25) is 20.0 Å². The van der Waals surface area contributed by atoms with E-state index in [0.717, 1.165) is 45.9 Å². The maximum atomic E-state index is 11.8. The van der Waals surface area contributed by atoms with Crippen LogP contribution >= 0.6 is 0 Å². The van der Waals surface area contributed by atoms with E-state index in [2.05, 4.69) is 15.5 Å². The average Bonchev–Trinajstić information content (AvgIpc) is 2.78. The SMILES string of the molecule is CS(=O)(=O)Nc1[c-]c(-c2ccccc2)c(-c2ccc(NS(C)(=O)=O)cc2-c2ccccc2)cc1.[Li+]. The van der Waals surface area contributed by atoms with Gasteiger partial charge in [-0.1, -0.05) is 77.9 Å². The smallest absolute Gasteiger partial charge is 0.302 e. The molecule has 0 saturated heterocycles. The second-order valence-corrected chi connectivity index (χ2v) is 11.4. The summed E-state index contributed by atoms with van der Waals surface area (Å²) < 4.78 is 52.3. The molecule has 0 atom stereocenters. The van der Waals surface area contributed by atoms with E-state index in [1.165, 1.54) is 0 Å². The van der Waals surface area contributed by atoms with Crippen molar-refractivity contribution >= 4 is 31.4 Å². The Kier molecular flexibility index (Phi) is 8.14. The molecule has 0 aliphatic rings. The van der Waals surface area contributed by atoms with Crippen molar-refractivity contribution in [2.75, 3.05) is 22.0 Å². The molecular weight excluding hydrogens is 475 g/mol. The quantitative estimate of drug-likeness (QED) is 0.302. The number of hydrogen-bond acceptors (Lipinski definition) is 4. The van der Waals surface area contributed by atoms with Gasteiger partial charge >= 0.3 is 18.9 Å². The van der Waals surface area contributed by atoms with Crippen LogP contribution in [0.2, 0.25) is 0 Å². The van der Waals surface area contributed by atoms with Gasteiger partial charge in [-0.25, -0.2) is 16.8 Å². The predicted molar refractivity (Wildman–Crippen MR) is 139 cm³/mol. The van der Waals surface area contributed by atoms with Crippen LogP contribution in [0.1, 0.15) is 0 Å². The molecule has 9 heteroatoms. The molecule has 0 bridgehead atoms. The molecule has 4 aromatic carbocycles. The molecule has 0 spiro atoms. The van der Waals surface area contributed by atoms with Crippen LogP contribution in [0.3, 0.4) is 0 Å². The number of hydrogen-bond donors (Lipinski definition) is 2. The molecule has 174 valence electrons. The molecule has 2 N–H and O–H groups in total. The second kappa shape index (κ2) is 10.7. The van der Waals surface area contributed by atoms with Crippen LogP contribution in [0.5, 0.6) is 0 Å². The Morgan fingerprint density at radius 1 is 0.600 bits per heavy atom. The molecular formula is C26H23LiN2O4S2.